The van der Waals surface area contributed by atoms with Crippen molar-refractivity contribution in [1.82, 2.24) is 9.80 Å². The van der Waals surface area contributed by atoms with Crippen molar-refractivity contribution in [2.45, 2.75) is 38.3 Å². The summed E-state index contributed by atoms with van der Waals surface area (Å²) in [7, 11) is 1.72. The molecule has 2 aliphatic heterocycles. The third kappa shape index (κ3) is 3.64. The van der Waals surface area contributed by atoms with Gasteiger partial charge >= 0.3 is 0 Å². The number of ether oxygens (including phenoxy) is 1. The van der Waals surface area contributed by atoms with Crippen LogP contribution in [0.2, 0.25) is 0 Å². The molecule has 0 radical (unpaired) electrons. The van der Waals surface area contributed by atoms with Crippen LogP contribution >= 0.6 is 0 Å². The molecule has 2 aliphatic rings. The first-order valence-electron chi connectivity index (χ1n) is 9.71. The number of furan rings is 1. The topological polar surface area (TPSA) is 45.9 Å². The second-order valence-corrected chi connectivity index (χ2v) is 7.62. The van der Waals surface area contributed by atoms with Crippen molar-refractivity contribution in [1.29, 1.82) is 0 Å². The first-order valence-corrected chi connectivity index (χ1v) is 9.71. The van der Waals surface area contributed by atoms with Crippen molar-refractivity contribution in [3.05, 3.63) is 36.1 Å². The summed E-state index contributed by atoms with van der Waals surface area (Å²) in [5.74, 6) is 0.933. The molecular weight excluding hydrogens is 328 g/mol. The summed E-state index contributed by atoms with van der Waals surface area (Å²) < 4.78 is 10.6. The Morgan fingerprint density at radius 1 is 1.27 bits per heavy atom. The van der Waals surface area contributed by atoms with E-state index in [1.165, 1.54) is 10.9 Å². The molecule has 140 valence electrons. The number of hydrogen-bond acceptors (Lipinski definition) is 4. The van der Waals surface area contributed by atoms with Gasteiger partial charge in [0.25, 0.3) is 0 Å². The normalized spacial score (nSPS) is 24.2. The highest BCUT2D eigenvalue weighted by Gasteiger charge is 2.38. The molecule has 26 heavy (non-hydrogen) atoms. The van der Waals surface area contributed by atoms with Crippen LogP contribution in [0.1, 0.15) is 31.2 Å². The molecule has 0 aliphatic carbocycles. The Kier molecular flexibility index (Phi) is 5.27. The van der Waals surface area contributed by atoms with Gasteiger partial charge in [0.15, 0.2) is 0 Å². The highest BCUT2D eigenvalue weighted by molar-refractivity contribution is 5.78. The molecule has 0 bridgehead atoms. The molecule has 1 aromatic carbocycles. The van der Waals surface area contributed by atoms with Gasteiger partial charge in [0.1, 0.15) is 5.58 Å². The van der Waals surface area contributed by atoms with Crippen LogP contribution in [0, 0.1) is 5.92 Å². The van der Waals surface area contributed by atoms with E-state index < -0.39 is 0 Å². The fraction of sp³-hybridized carbons (Fsp3) is 0.571. The van der Waals surface area contributed by atoms with Gasteiger partial charge in [0.05, 0.1) is 6.26 Å². The van der Waals surface area contributed by atoms with Crippen LogP contribution in [0.15, 0.2) is 34.9 Å². The van der Waals surface area contributed by atoms with Crippen LogP contribution < -0.4 is 0 Å². The van der Waals surface area contributed by atoms with Gasteiger partial charge in [-0.05, 0) is 48.9 Å². The molecule has 3 heterocycles. The number of nitrogens with zero attached hydrogens (tertiary/aromatic N) is 2. The molecular formula is C21H28N2O3. The monoisotopic (exact) mass is 356 g/mol. The van der Waals surface area contributed by atoms with Crippen LogP contribution in [0.5, 0.6) is 0 Å². The van der Waals surface area contributed by atoms with Crippen molar-refractivity contribution in [2.75, 3.05) is 33.4 Å². The Bertz CT molecular complexity index is 757. The average molecular weight is 356 g/mol. The number of fused-ring (bicyclic) bond motifs is 2. The number of rotatable bonds is 6. The number of benzene rings is 1. The second-order valence-electron chi connectivity index (χ2n) is 7.62. The predicted octanol–water partition coefficient (Wildman–Crippen LogP) is 3.28. The number of likely N-dealkylation sites (tertiary alicyclic amines) is 2. The van der Waals surface area contributed by atoms with Gasteiger partial charge in [-0.1, -0.05) is 6.07 Å². The van der Waals surface area contributed by atoms with Crippen molar-refractivity contribution in [2.24, 2.45) is 5.92 Å². The lowest BCUT2D eigenvalue weighted by Gasteiger charge is -2.47. The standard InChI is InChI=1S/C21H28N2O3/c1-25-11-2-9-23-19-7-10-22(15-18(19)4-6-21(23)24)14-16-3-5-20-17(13-16)8-12-26-20/h3,5,8,12-13,18-19H,2,4,6-7,9-11,14-15H2,1H3/t18-,19+/m0/s1. The molecule has 0 saturated carbocycles. The minimum Gasteiger partial charge on any atom is -0.464 e. The average Bonchev–Trinajstić information content (AvgIpc) is 3.11. The van der Waals surface area contributed by atoms with E-state index in [0.29, 0.717) is 24.3 Å². The Morgan fingerprint density at radius 3 is 3.08 bits per heavy atom. The zero-order chi connectivity index (χ0) is 17.9. The van der Waals surface area contributed by atoms with Gasteiger partial charge in [0, 0.05) is 57.7 Å². The maximum absolute atomic E-state index is 12.4. The zero-order valence-electron chi connectivity index (χ0n) is 15.5. The third-order valence-corrected chi connectivity index (χ3v) is 5.90. The number of methoxy groups -OCH3 is 1. The van der Waals surface area contributed by atoms with E-state index in [1.54, 1.807) is 13.4 Å². The lowest BCUT2D eigenvalue weighted by atomic mass is 9.83. The Labute approximate surface area is 154 Å². The second kappa shape index (κ2) is 7.80. The lowest BCUT2D eigenvalue weighted by Crippen LogP contribution is -2.56. The molecule has 5 heteroatoms. The van der Waals surface area contributed by atoms with E-state index in [4.69, 9.17) is 9.15 Å². The maximum atomic E-state index is 12.4. The molecule has 2 aromatic rings. The zero-order valence-corrected chi connectivity index (χ0v) is 15.5. The summed E-state index contributed by atoms with van der Waals surface area (Å²) in [5.41, 5.74) is 2.28. The largest absolute Gasteiger partial charge is 0.464 e. The molecule has 0 N–H and O–H groups in total. The quantitative estimate of drug-likeness (QED) is 0.745. The van der Waals surface area contributed by atoms with Crippen LogP contribution in [0.4, 0.5) is 0 Å². The maximum Gasteiger partial charge on any atom is 0.222 e. The number of carbonyl (C=O) groups excluding carboxylic acids is 1. The van der Waals surface area contributed by atoms with E-state index >= 15 is 0 Å². The van der Waals surface area contributed by atoms with Crippen LogP contribution in [-0.2, 0) is 16.1 Å². The predicted molar refractivity (Wildman–Crippen MR) is 101 cm³/mol. The summed E-state index contributed by atoms with van der Waals surface area (Å²) in [6, 6.07) is 8.90. The highest BCUT2D eigenvalue weighted by atomic mass is 16.5. The molecule has 2 fully saturated rings. The molecule has 2 atom stereocenters. The van der Waals surface area contributed by atoms with E-state index in [-0.39, 0.29) is 0 Å². The van der Waals surface area contributed by atoms with E-state index in [2.05, 4.69) is 28.0 Å². The first kappa shape index (κ1) is 17.6. The minimum absolute atomic E-state index is 0.334. The van der Waals surface area contributed by atoms with E-state index in [0.717, 1.165) is 57.6 Å². The molecule has 0 unspecified atom stereocenters. The number of piperidine rings is 2. The summed E-state index contributed by atoms with van der Waals surface area (Å²) in [6.07, 6.45) is 5.49. The van der Waals surface area contributed by atoms with Gasteiger partial charge in [-0.25, -0.2) is 0 Å². The van der Waals surface area contributed by atoms with Gasteiger partial charge in [-0.3, -0.25) is 9.69 Å². The van der Waals surface area contributed by atoms with Crippen molar-refractivity contribution >= 4 is 16.9 Å². The van der Waals surface area contributed by atoms with Crippen LogP contribution in [-0.4, -0.2) is 55.1 Å². The summed E-state index contributed by atoms with van der Waals surface area (Å²) in [5, 5.41) is 1.17. The molecule has 1 amide bonds. The fourth-order valence-electron chi connectivity index (χ4n) is 4.61. The Morgan fingerprint density at radius 2 is 2.19 bits per heavy atom. The summed E-state index contributed by atoms with van der Waals surface area (Å²) in [4.78, 5) is 17.1. The molecule has 5 nitrogen and oxygen atoms in total. The summed E-state index contributed by atoms with van der Waals surface area (Å²) >= 11 is 0. The molecule has 4 rings (SSSR count). The van der Waals surface area contributed by atoms with Gasteiger partial charge in [-0.15, -0.1) is 0 Å². The van der Waals surface area contributed by atoms with E-state index in [1.807, 2.05) is 6.07 Å². The smallest absolute Gasteiger partial charge is 0.222 e. The first-order chi connectivity index (χ1) is 12.7. The van der Waals surface area contributed by atoms with Gasteiger partial charge in [-0.2, -0.15) is 0 Å². The number of carbonyl (C=O) groups is 1. The number of amides is 1. The Balaban J connectivity index is 1.38. The van der Waals surface area contributed by atoms with Crippen molar-refractivity contribution in [3.8, 4) is 0 Å². The number of hydrogen-bond donors (Lipinski definition) is 0. The molecule has 1 aromatic heterocycles. The molecule has 0 spiro atoms. The third-order valence-electron chi connectivity index (χ3n) is 5.90. The summed E-state index contributed by atoms with van der Waals surface area (Å²) in [6.45, 7) is 4.68. The van der Waals surface area contributed by atoms with Gasteiger partial charge < -0.3 is 14.1 Å². The Hall–Kier alpha value is -1.85. The van der Waals surface area contributed by atoms with Gasteiger partial charge in [0.2, 0.25) is 5.91 Å². The highest BCUT2D eigenvalue weighted by Crippen LogP contribution is 2.32. The fourth-order valence-corrected chi connectivity index (χ4v) is 4.61. The van der Waals surface area contributed by atoms with Crippen molar-refractivity contribution in [3.63, 3.8) is 0 Å². The van der Waals surface area contributed by atoms with Crippen molar-refractivity contribution < 1.29 is 13.9 Å². The minimum atomic E-state index is 0.334. The van der Waals surface area contributed by atoms with Crippen LogP contribution in [0.3, 0.4) is 0 Å². The SMILES string of the molecule is COCCCN1C(=O)CC[C@H]2CN(Cc3ccc4occc4c3)CC[C@H]21. The van der Waals surface area contributed by atoms with Crippen LogP contribution in [0.25, 0.3) is 11.0 Å². The van der Waals surface area contributed by atoms with E-state index in [9.17, 15) is 4.79 Å². The lowest BCUT2D eigenvalue weighted by molar-refractivity contribution is -0.141. The molecule has 2 saturated heterocycles.